The molecule has 0 atom stereocenters. The number of rotatable bonds is 9. The van der Waals surface area contributed by atoms with Crippen LogP contribution in [0.5, 0.6) is 5.75 Å². The first-order chi connectivity index (χ1) is 9.60. The fraction of sp³-hybridized carbons (Fsp3) is 0.625. The van der Waals surface area contributed by atoms with E-state index in [4.69, 9.17) is 4.74 Å². The van der Waals surface area contributed by atoms with Gasteiger partial charge < -0.3 is 14.7 Å². The minimum atomic E-state index is 0.0732. The van der Waals surface area contributed by atoms with Crippen LogP contribution in [0.25, 0.3) is 0 Å². The number of hydrogen-bond donors (Lipinski definition) is 1. The van der Waals surface area contributed by atoms with Crippen LogP contribution >= 0.6 is 0 Å². The smallest absolute Gasteiger partial charge is 0.123 e. The number of ether oxygens (including phenoxy) is 1. The lowest BCUT2D eigenvalue weighted by molar-refractivity contribution is 0.254. The first kappa shape index (κ1) is 17.0. The van der Waals surface area contributed by atoms with Crippen LogP contribution in [0.3, 0.4) is 0 Å². The van der Waals surface area contributed by atoms with Gasteiger partial charge in [-0.05, 0) is 57.8 Å². The Morgan fingerprint density at radius 1 is 1.20 bits per heavy atom. The van der Waals surface area contributed by atoms with Gasteiger partial charge in [-0.15, -0.1) is 0 Å². The maximum Gasteiger partial charge on any atom is 0.123 e. The van der Waals surface area contributed by atoms with E-state index in [1.165, 1.54) is 0 Å². The third kappa shape index (κ3) is 5.49. The van der Waals surface area contributed by atoms with Gasteiger partial charge in [0.05, 0.1) is 13.7 Å². The van der Waals surface area contributed by atoms with E-state index in [0.29, 0.717) is 0 Å². The largest absolute Gasteiger partial charge is 0.496 e. The van der Waals surface area contributed by atoms with Gasteiger partial charge in [0.15, 0.2) is 0 Å². The first-order valence-electron chi connectivity index (χ1n) is 7.24. The van der Waals surface area contributed by atoms with Crippen molar-refractivity contribution in [2.75, 3.05) is 40.8 Å². The Hall–Kier alpha value is -1.10. The number of hydrogen-bond acceptors (Lipinski definition) is 4. The summed E-state index contributed by atoms with van der Waals surface area (Å²) in [7, 11) is 5.90. The number of nitrogens with zero attached hydrogens (tertiary/aromatic N) is 2. The fourth-order valence-corrected chi connectivity index (χ4v) is 2.25. The number of aliphatic hydroxyl groups is 1. The highest BCUT2D eigenvalue weighted by molar-refractivity contribution is 5.37. The van der Waals surface area contributed by atoms with Gasteiger partial charge in [0.2, 0.25) is 0 Å². The average molecular weight is 280 g/mol. The third-order valence-corrected chi connectivity index (χ3v) is 3.45. The molecule has 0 aromatic heterocycles. The molecule has 4 nitrogen and oxygen atoms in total. The average Bonchev–Trinajstić information content (AvgIpc) is 2.45. The van der Waals surface area contributed by atoms with Crippen LogP contribution in [-0.2, 0) is 13.2 Å². The second kappa shape index (κ2) is 8.95. The van der Waals surface area contributed by atoms with Crippen molar-refractivity contribution in [1.82, 2.24) is 9.80 Å². The highest BCUT2D eigenvalue weighted by Crippen LogP contribution is 2.21. The van der Waals surface area contributed by atoms with E-state index in [1.54, 1.807) is 7.11 Å². The topological polar surface area (TPSA) is 35.9 Å². The first-order valence-corrected chi connectivity index (χ1v) is 7.24. The molecule has 0 aliphatic rings. The Bertz CT molecular complexity index is 394. The highest BCUT2D eigenvalue weighted by atomic mass is 16.5. The van der Waals surface area contributed by atoms with Crippen LogP contribution in [0.4, 0.5) is 0 Å². The van der Waals surface area contributed by atoms with Crippen LogP contribution in [0.15, 0.2) is 18.2 Å². The molecule has 0 amide bonds. The van der Waals surface area contributed by atoms with Crippen molar-refractivity contribution in [3.05, 3.63) is 29.3 Å². The summed E-state index contributed by atoms with van der Waals surface area (Å²) in [5.74, 6) is 0.897. The van der Waals surface area contributed by atoms with Crippen molar-refractivity contribution in [3.8, 4) is 5.75 Å². The van der Waals surface area contributed by atoms with Crippen LogP contribution < -0.4 is 4.74 Å². The second-order valence-electron chi connectivity index (χ2n) is 5.33. The highest BCUT2D eigenvalue weighted by Gasteiger charge is 2.09. The van der Waals surface area contributed by atoms with Crippen molar-refractivity contribution in [3.63, 3.8) is 0 Å². The second-order valence-corrected chi connectivity index (χ2v) is 5.33. The summed E-state index contributed by atoms with van der Waals surface area (Å²) in [6, 6.07) is 5.88. The van der Waals surface area contributed by atoms with Gasteiger partial charge in [0, 0.05) is 12.1 Å². The van der Waals surface area contributed by atoms with Crippen molar-refractivity contribution < 1.29 is 9.84 Å². The summed E-state index contributed by atoms with van der Waals surface area (Å²) < 4.78 is 5.42. The summed E-state index contributed by atoms with van der Waals surface area (Å²) in [6.45, 7) is 6.30. The molecule has 0 heterocycles. The summed E-state index contributed by atoms with van der Waals surface area (Å²) >= 11 is 0. The van der Waals surface area contributed by atoms with Crippen LogP contribution in [0.2, 0.25) is 0 Å². The molecule has 0 saturated heterocycles. The molecule has 1 aromatic carbocycles. The number of benzene rings is 1. The van der Waals surface area contributed by atoms with Gasteiger partial charge in [0.25, 0.3) is 0 Å². The number of methoxy groups -OCH3 is 1. The molecule has 20 heavy (non-hydrogen) atoms. The van der Waals surface area contributed by atoms with Crippen LogP contribution in [-0.4, -0.2) is 55.7 Å². The lowest BCUT2D eigenvalue weighted by Gasteiger charge is -2.23. The van der Waals surface area contributed by atoms with Gasteiger partial charge in [-0.1, -0.05) is 13.0 Å². The normalized spacial score (nSPS) is 11.3. The van der Waals surface area contributed by atoms with E-state index < -0.39 is 0 Å². The molecule has 4 heteroatoms. The van der Waals surface area contributed by atoms with E-state index in [1.807, 2.05) is 18.2 Å². The Kier molecular flexibility index (Phi) is 7.59. The number of aliphatic hydroxyl groups excluding tert-OH is 1. The van der Waals surface area contributed by atoms with Gasteiger partial charge in [-0.2, -0.15) is 0 Å². The van der Waals surface area contributed by atoms with E-state index in [2.05, 4.69) is 30.8 Å². The molecule has 0 aliphatic carbocycles. The van der Waals surface area contributed by atoms with Crippen LogP contribution in [0.1, 0.15) is 24.5 Å². The van der Waals surface area contributed by atoms with Crippen molar-refractivity contribution in [1.29, 1.82) is 0 Å². The molecule has 0 bridgehead atoms. The zero-order valence-electron chi connectivity index (χ0n) is 13.2. The maximum atomic E-state index is 9.26. The van der Waals surface area contributed by atoms with Gasteiger partial charge in [-0.3, -0.25) is 4.90 Å². The van der Waals surface area contributed by atoms with E-state index >= 15 is 0 Å². The molecule has 1 aromatic rings. The molecule has 0 aliphatic heterocycles. The molecule has 0 fully saturated rings. The molecule has 114 valence electrons. The molecule has 0 spiro atoms. The summed E-state index contributed by atoms with van der Waals surface area (Å²) in [5.41, 5.74) is 2.08. The minimum Gasteiger partial charge on any atom is -0.496 e. The molecule has 1 rings (SSSR count). The van der Waals surface area contributed by atoms with Gasteiger partial charge in [-0.25, -0.2) is 0 Å². The van der Waals surface area contributed by atoms with Crippen molar-refractivity contribution >= 4 is 0 Å². The standard InChI is InChI=1S/C16H28N2O2/c1-5-18(10-6-9-17(2)3)12-15-11-14(13-19)7-8-16(15)20-4/h7-8,11,19H,5-6,9-10,12-13H2,1-4H3. The molecule has 0 unspecified atom stereocenters. The minimum absolute atomic E-state index is 0.0732. The van der Waals surface area contributed by atoms with E-state index in [0.717, 1.165) is 49.5 Å². The quantitative estimate of drug-likeness (QED) is 0.750. The third-order valence-electron chi connectivity index (χ3n) is 3.45. The zero-order valence-corrected chi connectivity index (χ0v) is 13.2. The molecule has 1 N–H and O–H groups in total. The van der Waals surface area contributed by atoms with Gasteiger partial charge in [0.1, 0.15) is 5.75 Å². The van der Waals surface area contributed by atoms with Crippen LogP contribution in [0, 0.1) is 0 Å². The fourth-order valence-electron chi connectivity index (χ4n) is 2.25. The Morgan fingerprint density at radius 2 is 1.95 bits per heavy atom. The van der Waals surface area contributed by atoms with E-state index in [-0.39, 0.29) is 6.61 Å². The Labute approximate surface area is 123 Å². The van der Waals surface area contributed by atoms with E-state index in [9.17, 15) is 5.11 Å². The molecular formula is C16H28N2O2. The van der Waals surface area contributed by atoms with Crippen molar-refractivity contribution in [2.45, 2.75) is 26.5 Å². The summed E-state index contributed by atoms with van der Waals surface area (Å²) in [6.07, 6.45) is 1.16. The predicted octanol–water partition coefficient (Wildman–Crippen LogP) is 1.96. The SMILES string of the molecule is CCN(CCCN(C)C)Cc1cc(CO)ccc1OC. The lowest BCUT2D eigenvalue weighted by Crippen LogP contribution is -2.27. The molecular weight excluding hydrogens is 252 g/mol. The summed E-state index contributed by atoms with van der Waals surface area (Å²) in [4.78, 5) is 4.61. The Balaban J connectivity index is 2.67. The molecule has 0 radical (unpaired) electrons. The molecule has 0 saturated carbocycles. The van der Waals surface area contributed by atoms with Gasteiger partial charge >= 0.3 is 0 Å². The lowest BCUT2D eigenvalue weighted by atomic mass is 10.1. The van der Waals surface area contributed by atoms with Crippen molar-refractivity contribution in [2.24, 2.45) is 0 Å². The summed E-state index contributed by atoms with van der Waals surface area (Å²) in [5, 5.41) is 9.26. The predicted molar refractivity (Wildman–Crippen MR) is 83.0 cm³/mol. The maximum absolute atomic E-state index is 9.26. The Morgan fingerprint density at radius 3 is 2.50 bits per heavy atom. The zero-order chi connectivity index (χ0) is 15.0. The monoisotopic (exact) mass is 280 g/mol.